The van der Waals surface area contributed by atoms with Crippen molar-refractivity contribution in [3.63, 3.8) is 0 Å². The molecule has 0 radical (unpaired) electrons. The molecule has 28 heavy (non-hydrogen) atoms. The number of nitrogens with one attached hydrogen (secondary N) is 1. The number of anilines is 1. The van der Waals surface area contributed by atoms with E-state index in [-0.39, 0.29) is 5.82 Å². The van der Waals surface area contributed by atoms with Crippen molar-refractivity contribution in [3.8, 4) is 0 Å². The summed E-state index contributed by atoms with van der Waals surface area (Å²) in [5, 5.41) is 14.0. The number of carbonyl (C=O) groups is 1. The fourth-order valence-electron chi connectivity index (χ4n) is 3.33. The monoisotopic (exact) mass is 384 g/mol. The van der Waals surface area contributed by atoms with E-state index < -0.39 is 6.09 Å². The van der Waals surface area contributed by atoms with E-state index in [1.54, 1.807) is 12.3 Å². The number of carboxylic acid groups (broad SMARTS) is 1. The zero-order valence-electron chi connectivity index (χ0n) is 15.9. The van der Waals surface area contributed by atoms with Crippen LogP contribution in [-0.4, -0.2) is 33.9 Å². The van der Waals surface area contributed by atoms with Crippen LogP contribution in [0, 0.1) is 5.82 Å². The summed E-state index contributed by atoms with van der Waals surface area (Å²) in [5.74, 6) is -0.343. The van der Waals surface area contributed by atoms with Crippen LogP contribution >= 0.6 is 0 Å². The number of amides is 1. The molecule has 1 aromatic carbocycles. The van der Waals surface area contributed by atoms with Gasteiger partial charge in [-0.3, -0.25) is 14.7 Å². The van der Waals surface area contributed by atoms with Crippen molar-refractivity contribution >= 4 is 22.7 Å². The number of hydrogen-bond acceptors (Lipinski definition) is 3. The molecule has 3 rings (SSSR count). The third-order valence-electron chi connectivity index (χ3n) is 4.63. The van der Waals surface area contributed by atoms with Gasteiger partial charge in [0.05, 0.1) is 17.4 Å². The summed E-state index contributed by atoms with van der Waals surface area (Å²) in [7, 11) is 0. The van der Waals surface area contributed by atoms with Crippen LogP contribution in [-0.2, 0) is 6.42 Å². The Morgan fingerprint density at radius 2 is 2.14 bits per heavy atom. The molecule has 2 heterocycles. The van der Waals surface area contributed by atoms with Gasteiger partial charge in [-0.05, 0) is 55.5 Å². The molecule has 1 amide bonds. The van der Waals surface area contributed by atoms with Crippen molar-refractivity contribution in [1.82, 2.24) is 15.0 Å². The predicted octanol–water partition coefficient (Wildman–Crippen LogP) is 4.45. The number of rotatable bonds is 9. The zero-order chi connectivity index (χ0) is 19.9. The third kappa shape index (κ3) is 4.60. The molecule has 0 atom stereocenters. The van der Waals surface area contributed by atoms with Crippen LogP contribution in [0.4, 0.5) is 14.9 Å². The van der Waals surface area contributed by atoms with E-state index in [4.69, 9.17) is 5.11 Å². The first-order valence-corrected chi connectivity index (χ1v) is 9.54. The maximum Gasteiger partial charge on any atom is 0.404 e. The minimum absolute atomic E-state index is 0.343. The van der Waals surface area contributed by atoms with E-state index in [0.29, 0.717) is 18.8 Å². The highest BCUT2D eigenvalue weighted by atomic mass is 19.1. The Hall–Kier alpha value is -3.09. The van der Waals surface area contributed by atoms with Crippen LogP contribution in [0.25, 0.3) is 10.9 Å². The molecule has 0 saturated heterocycles. The normalized spacial score (nSPS) is 10.9. The van der Waals surface area contributed by atoms with Gasteiger partial charge in [0.15, 0.2) is 5.82 Å². The maximum absolute atomic E-state index is 14.3. The first-order valence-electron chi connectivity index (χ1n) is 9.54. The van der Waals surface area contributed by atoms with Crippen molar-refractivity contribution in [1.29, 1.82) is 0 Å². The molecule has 0 spiro atoms. The van der Waals surface area contributed by atoms with Gasteiger partial charge in [-0.1, -0.05) is 13.0 Å². The fraction of sp³-hybridized carbons (Fsp3) is 0.333. The largest absolute Gasteiger partial charge is 0.465 e. The lowest BCUT2D eigenvalue weighted by Gasteiger charge is -2.26. The van der Waals surface area contributed by atoms with Gasteiger partial charge in [0.1, 0.15) is 0 Å². The quantitative estimate of drug-likeness (QED) is 0.535. The molecule has 0 fully saturated rings. The van der Waals surface area contributed by atoms with E-state index in [9.17, 15) is 9.18 Å². The summed E-state index contributed by atoms with van der Waals surface area (Å²) in [6.07, 6.45) is 7.30. The Morgan fingerprint density at radius 3 is 2.89 bits per heavy atom. The molecule has 0 aliphatic rings. The molecule has 148 valence electrons. The van der Waals surface area contributed by atoms with E-state index in [1.807, 2.05) is 21.9 Å². The highest BCUT2D eigenvalue weighted by Gasteiger charge is 2.15. The smallest absolute Gasteiger partial charge is 0.404 e. The molecule has 2 N–H and O–H groups in total. The summed E-state index contributed by atoms with van der Waals surface area (Å²) < 4.78 is 16.3. The van der Waals surface area contributed by atoms with Gasteiger partial charge in [0.2, 0.25) is 0 Å². The van der Waals surface area contributed by atoms with Gasteiger partial charge in [0.25, 0.3) is 0 Å². The summed E-state index contributed by atoms with van der Waals surface area (Å²) in [6.45, 7) is 3.22. The van der Waals surface area contributed by atoms with Crippen molar-refractivity contribution in [2.45, 2.75) is 32.6 Å². The number of unbranched alkanes of at least 4 members (excludes halogenated alkanes) is 1. The molecule has 0 aliphatic heterocycles. The second kappa shape index (κ2) is 9.21. The highest BCUT2D eigenvalue weighted by molar-refractivity contribution is 5.81. The molecule has 7 heteroatoms. The third-order valence-corrected chi connectivity index (χ3v) is 4.63. The number of halogens is 1. The molecule has 0 unspecified atom stereocenters. The standard InChI is InChI=1S/C21H25FN4O2/c1-2-12-25(20-8-11-23-15-18(20)22)26-13-9-17-14-16(6-7-19(17)26)5-3-4-10-24-21(27)28/h6-9,11,13-15,24H,2-5,10,12H2,1H3,(H,27,28). The molecule has 3 aromatic rings. The Morgan fingerprint density at radius 1 is 1.29 bits per heavy atom. The van der Waals surface area contributed by atoms with E-state index in [0.717, 1.165) is 36.6 Å². The van der Waals surface area contributed by atoms with Crippen LogP contribution in [0.3, 0.4) is 0 Å². The first-order chi connectivity index (χ1) is 13.6. The number of hydrogen-bond donors (Lipinski definition) is 2. The van der Waals surface area contributed by atoms with Gasteiger partial charge in [-0.25, -0.2) is 9.18 Å². The van der Waals surface area contributed by atoms with E-state index in [1.165, 1.54) is 11.8 Å². The second-order valence-electron chi connectivity index (χ2n) is 6.69. The van der Waals surface area contributed by atoms with Gasteiger partial charge in [0, 0.05) is 30.9 Å². The van der Waals surface area contributed by atoms with E-state index in [2.05, 4.69) is 35.4 Å². The molecule has 0 saturated carbocycles. The summed E-state index contributed by atoms with van der Waals surface area (Å²) in [5.41, 5.74) is 2.73. The van der Waals surface area contributed by atoms with Gasteiger partial charge in [-0.15, -0.1) is 0 Å². The van der Waals surface area contributed by atoms with Crippen LogP contribution in [0.1, 0.15) is 31.7 Å². The number of fused-ring (bicyclic) bond motifs is 1. The Labute approximate surface area is 163 Å². The second-order valence-corrected chi connectivity index (χ2v) is 6.69. The van der Waals surface area contributed by atoms with Crippen molar-refractivity contribution in [2.24, 2.45) is 0 Å². The molecule has 0 bridgehead atoms. The summed E-state index contributed by atoms with van der Waals surface area (Å²) in [6, 6.07) is 10.0. The Kier molecular flexibility index (Phi) is 6.47. The minimum Gasteiger partial charge on any atom is -0.465 e. The van der Waals surface area contributed by atoms with Crippen LogP contribution in [0.2, 0.25) is 0 Å². The van der Waals surface area contributed by atoms with Crippen LogP contribution in [0.15, 0.2) is 48.9 Å². The van der Waals surface area contributed by atoms with Crippen LogP contribution in [0.5, 0.6) is 0 Å². The predicted molar refractivity (Wildman–Crippen MR) is 108 cm³/mol. The minimum atomic E-state index is -0.981. The van der Waals surface area contributed by atoms with Gasteiger partial charge in [-0.2, -0.15) is 0 Å². The molecular weight excluding hydrogens is 359 g/mol. The van der Waals surface area contributed by atoms with Gasteiger partial charge < -0.3 is 10.4 Å². The Bertz CT molecular complexity index is 941. The first kappa shape index (κ1) is 19.7. The zero-order valence-corrected chi connectivity index (χ0v) is 15.9. The average Bonchev–Trinajstić information content (AvgIpc) is 3.09. The van der Waals surface area contributed by atoms with Crippen LogP contribution < -0.4 is 10.3 Å². The van der Waals surface area contributed by atoms with Crippen molar-refractivity contribution in [3.05, 3.63) is 60.3 Å². The molecular formula is C21H25FN4O2. The topological polar surface area (TPSA) is 70.4 Å². The maximum atomic E-state index is 14.3. The van der Waals surface area contributed by atoms with Crippen molar-refractivity contribution < 1.29 is 14.3 Å². The lowest BCUT2D eigenvalue weighted by Crippen LogP contribution is -2.30. The summed E-state index contributed by atoms with van der Waals surface area (Å²) in [4.78, 5) is 14.3. The fourth-order valence-corrected chi connectivity index (χ4v) is 3.33. The average molecular weight is 384 g/mol. The molecule has 0 aliphatic carbocycles. The molecule has 2 aromatic heterocycles. The number of pyridine rings is 1. The number of aromatic nitrogens is 2. The SMILES string of the molecule is CCCN(c1ccncc1F)n1ccc2cc(CCCCNC(=O)O)ccc21. The van der Waals surface area contributed by atoms with E-state index >= 15 is 0 Å². The highest BCUT2D eigenvalue weighted by Crippen LogP contribution is 2.25. The van der Waals surface area contributed by atoms with Crippen molar-refractivity contribution in [2.75, 3.05) is 18.1 Å². The summed E-state index contributed by atoms with van der Waals surface area (Å²) >= 11 is 0. The number of nitrogens with zero attached hydrogens (tertiary/aromatic N) is 3. The van der Waals surface area contributed by atoms with Gasteiger partial charge >= 0.3 is 6.09 Å². The Balaban J connectivity index is 1.77. The number of aryl methyl sites for hydroxylation is 1. The number of benzene rings is 1. The lowest BCUT2D eigenvalue weighted by atomic mass is 10.1. The molecule has 6 nitrogen and oxygen atoms in total. The lowest BCUT2D eigenvalue weighted by molar-refractivity contribution is 0.194.